The lowest BCUT2D eigenvalue weighted by Crippen LogP contribution is -2.45. The van der Waals surface area contributed by atoms with E-state index in [1.165, 1.54) is 25.1 Å². The average molecular weight is 297 g/mol. The average Bonchev–Trinajstić information content (AvgIpc) is 2.45. The van der Waals surface area contributed by atoms with E-state index in [1.54, 1.807) is 12.1 Å². The Morgan fingerprint density at radius 1 is 1.05 bits per heavy atom. The molecule has 0 fully saturated rings. The monoisotopic (exact) mass is 297 g/mol. The minimum absolute atomic E-state index is 0.0512. The number of Topliss-reactive ketones (excluding diaryl/α,β-unsaturated/α-hetero) is 1. The van der Waals surface area contributed by atoms with Gasteiger partial charge in [0, 0.05) is 21.9 Å². The van der Waals surface area contributed by atoms with Crippen LogP contribution in [0.15, 0.2) is 30.3 Å². The van der Waals surface area contributed by atoms with E-state index in [9.17, 15) is 24.3 Å². The second-order valence-electron chi connectivity index (χ2n) is 5.08. The van der Waals surface area contributed by atoms with Gasteiger partial charge in [-0.2, -0.15) is 0 Å². The Morgan fingerprint density at radius 3 is 2.32 bits per heavy atom. The zero-order valence-corrected chi connectivity index (χ0v) is 11.6. The number of nitrogens with zero attached hydrogens (tertiary/aromatic N) is 1. The van der Waals surface area contributed by atoms with Crippen molar-refractivity contribution >= 4 is 34.3 Å². The molecule has 6 nitrogen and oxygen atoms in total. The Kier molecular flexibility index (Phi) is 3.02. The summed E-state index contributed by atoms with van der Waals surface area (Å²) >= 11 is 0. The van der Waals surface area contributed by atoms with Crippen molar-refractivity contribution in [3.63, 3.8) is 0 Å². The maximum absolute atomic E-state index is 12.4. The van der Waals surface area contributed by atoms with Crippen LogP contribution in [0, 0.1) is 0 Å². The standard InChI is InChI=1S/C16H11NO5/c1-8(18)7-13(20)17-15(21)10-4-2-3-9-12(19)6-5-11(14(9)10)16(17)22/h2-6,19H,7H2,1H3. The summed E-state index contributed by atoms with van der Waals surface area (Å²) in [5, 5.41) is 10.6. The molecule has 6 heteroatoms. The van der Waals surface area contributed by atoms with E-state index in [2.05, 4.69) is 0 Å². The summed E-state index contributed by atoms with van der Waals surface area (Å²) in [6.07, 6.45) is -0.513. The molecule has 0 radical (unpaired) electrons. The predicted octanol–water partition coefficient (Wildman–Crippen LogP) is 1.65. The number of phenolic OH excluding ortho intramolecular Hbond substituents is 1. The third-order valence-corrected chi connectivity index (χ3v) is 3.53. The van der Waals surface area contributed by atoms with Gasteiger partial charge in [-0.15, -0.1) is 0 Å². The van der Waals surface area contributed by atoms with Crippen LogP contribution >= 0.6 is 0 Å². The maximum Gasteiger partial charge on any atom is 0.268 e. The third-order valence-electron chi connectivity index (χ3n) is 3.53. The molecule has 1 aliphatic heterocycles. The first kappa shape index (κ1) is 13.9. The van der Waals surface area contributed by atoms with Gasteiger partial charge in [0.2, 0.25) is 5.91 Å². The van der Waals surface area contributed by atoms with E-state index in [1.807, 2.05) is 0 Å². The van der Waals surface area contributed by atoms with Crippen LogP contribution in [0.1, 0.15) is 34.1 Å². The number of ketones is 1. The normalized spacial score (nSPS) is 13.6. The van der Waals surface area contributed by atoms with Crippen LogP contribution in [-0.4, -0.2) is 33.5 Å². The van der Waals surface area contributed by atoms with E-state index in [0.717, 1.165) is 0 Å². The second-order valence-corrected chi connectivity index (χ2v) is 5.08. The Hall–Kier alpha value is -3.02. The Bertz CT molecular complexity index is 846. The molecule has 110 valence electrons. The second kappa shape index (κ2) is 4.77. The van der Waals surface area contributed by atoms with Crippen LogP contribution in [0.2, 0.25) is 0 Å². The molecule has 1 aliphatic rings. The molecule has 2 aromatic rings. The van der Waals surface area contributed by atoms with Crippen molar-refractivity contribution < 1.29 is 24.3 Å². The van der Waals surface area contributed by atoms with Crippen molar-refractivity contribution in [3.8, 4) is 5.75 Å². The number of imide groups is 3. The number of carbonyl (C=O) groups excluding carboxylic acids is 4. The highest BCUT2D eigenvalue weighted by atomic mass is 16.3. The lowest BCUT2D eigenvalue weighted by molar-refractivity contribution is -0.130. The minimum Gasteiger partial charge on any atom is -0.507 e. The molecule has 0 spiro atoms. The number of aromatic hydroxyl groups is 1. The van der Waals surface area contributed by atoms with Gasteiger partial charge in [-0.3, -0.25) is 19.2 Å². The van der Waals surface area contributed by atoms with Gasteiger partial charge in [-0.1, -0.05) is 12.1 Å². The molecule has 0 saturated heterocycles. The number of hydrogen-bond acceptors (Lipinski definition) is 5. The van der Waals surface area contributed by atoms with E-state index in [4.69, 9.17) is 0 Å². The molecule has 0 bridgehead atoms. The molecule has 3 rings (SSSR count). The van der Waals surface area contributed by atoms with Crippen molar-refractivity contribution in [1.29, 1.82) is 0 Å². The summed E-state index contributed by atoms with van der Waals surface area (Å²) in [4.78, 5) is 48.5. The molecular weight excluding hydrogens is 286 g/mol. The van der Waals surface area contributed by atoms with Gasteiger partial charge in [-0.05, 0) is 25.1 Å². The quantitative estimate of drug-likeness (QED) is 0.672. The zero-order chi connectivity index (χ0) is 16.0. The molecular formula is C16H11NO5. The maximum atomic E-state index is 12.4. The largest absolute Gasteiger partial charge is 0.507 e. The highest BCUT2D eigenvalue weighted by Gasteiger charge is 2.37. The van der Waals surface area contributed by atoms with Gasteiger partial charge in [0.15, 0.2) is 0 Å². The smallest absolute Gasteiger partial charge is 0.268 e. The van der Waals surface area contributed by atoms with E-state index in [-0.39, 0.29) is 16.9 Å². The molecule has 0 aliphatic carbocycles. The Balaban J connectivity index is 2.23. The number of amides is 3. The number of phenols is 1. The molecule has 0 aromatic heterocycles. The van der Waals surface area contributed by atoms with Gasteiger partial charge < -0.3 is 5.11 Å². The molecule has 22 heavy (non-hydrogen) atoms. The number of benzene rings is 2. The van der Waals surface area contributed by atoms with Gasteiger partial charge >= 0.3 is 0 Å². The fraction of sp³-hybridized carbons (Fsp3) is 0.125. The van der Waals surface area contributed by atoms with E-state index < -0.39 is 29.9 Å². The summed E-state index contributed by atoms with van der Waals surface area (Å²) in [7, 11) is 0. The van der Waals surface area contributed by atoms with Crippen LogP contribution in [0.25, 0.3) is 10.8 Å². The molecule has 2 aromatic carbocycles. The topological polar surface area (TPSA) is 91.8 Å². The molecule has 3 amide bonds. The van der Waals surface area contributed by atoms with Crippen molar-refractivity contribution in [2.24, 2.45) is 0 Å². The highest BCUT2D eigenvalue weighted by Crippen LogP contribution is 2.34. The SMILES string of the molecule is CC(=O)CC(=O)N1C(=O)c2cccc3c(O)ccc(c23)C1=O. The fourth-order valence-corrected chi connectivity index (χ4v) is 2.60. The fourth-order valence-electron chi connectivity index (χ4n) is 2.60. The van der Waals surface area contributed by atoms with Crippen molar-refractivity contribution in [2.45, 2.75) is 13.3 Å². The number of carbonyl (C=O) groups is 4. The first-order valence-corrected chi connectivity index (χ1v) is 6.57. The van der Waals surface area contributed by atoms with E-state index >= 15 is 0 Å². The van der Waals surface area contributed by atoms with Crippen LogP contribution in [0.4, 0.5) is 0 Å². The van der Waals surface area contributed by atoms with Crippen LogP contribution < -0.4 is 0 Å². The van der Waals surface area contributed by atoms with Gasteiger partial charge in [0.05, 0.1) is 6.42 Å². The van der Waals surface area contributed by atoms with Gasteiger partial charge in [0.25, 0.3) is 11.8 Å². The first-order valence-electron chi connectivity index (χ1n) is 6.57. The molecule has 1 N–H and O–H groups in total. The number of rotatable bonds is 2. The van der Waals surface area contributed by atoms with E-state index in [0.29, 0.717) is 15.7 Å². The lowest BCUT2D eigenvalue weighted by atomic mass is 9.93. The predicted molar refractivity (Wildman–Crippen MR) is 76.4 cm³/mol. The highest BCUT2D eigenvalue weighted by molar-refractivity contribution is 6.32. The van der Waals surface area contributed by atoms with Crippen molar-refractivity contribution in [1.82, 2.24) is 4.90 Å². The number of hydrogen-bond donors (Lipinski definition) is 1. The zero-order valence-electron chi connectivity index (χ0n) is 11.6. The van der Waals surface area contributed by atoms with Crippen molar-refractivity contribution in [3.05, 3.63) is 41.5 Å². The summed E-state index contributed by atoms with van der Waals surface area (Å²) < 4.78 is 0. The summed E-state index contributed by atoms with van der Waals surface area (Å²) in [5.74, 6) is -2.89. The summed E-state index contributed by atoms with van der Waals surface area (Å²) in [6, 6.07) is 7.33. The van der Waals surface area contributed by atoms with Crippen LogP contribution in [0.3, 0.4) is 0 Å². The lowest BCUT2D eigenvalue weighted by Gasteiger charge is -2.25. The summed E-state index contributed by atoms with van der Waals surface area (Å²) in [5.41, 5.74) is 0.305. The summed E-state index contributed by atoms with van der Waals surface area (Å²) in [6.45, 7) is 1.21. The van der Waals surface area contributed by atoms with Crippen molar-refractivity contribution in [2.75, 3.05) is 0 Å². The molecule has 0 unspecified atom stereocenters. The third kappa shape index (κ3) is 1.88. The molecule has 0 atom stereocenters. The molecule has 0 saturated carbocycles. The van der Waals surface area contributed by atoms with Crippen LogP contribution in [-0.2, 0) is 9.59 Å². The molecule has 1 heterocycles. The van der Waals surface area contributed by atoms with Gasteiger partial charge in [-0.25, -0.2) is 4.90 Å². The first-order chi connectivity index (χ1) is 10.4. The Labute approximate surface area is 124 Å². The minimum atomic E-state index is -0.849. The Morgan fingerprint density at radius 2 is 1.68 bits per heavy atom. The van der Waals surface area contributed by atoms with Crippen LogP contribution in [0.5, 0.6) is 5.75 Å². The van der Waals surface area contributed by atoms with Gasteiger partial charge in [0.1, 0.15) is 11.5 Å².